The average molecular weight is 329 g/mol. The molecule has 3 heteroatoms. The minimum absolute atomic E-state index is 0.239. The van der Waals surface area contributed by atoms with E-state index < -0.39 is 0 Å². The van der Waals surface area contributed by atoms with Gasteiger partial charge >= 0.3 is 0 Å². The van der Waals surface area contributed by atoms with Crippen LogP contribution in [-0.4, -0.2) is 9.74 Å². The fourth-order valence-corrected chi connectivity index (χ4v) is 11.0. The highest BCUT2D eigenvalue weighted by Gasteiger charge is 2.68. The molecule has 8 saturated carbocycles. The monoisotopic (exact) mass is 328 g/mol. The molecule has 1 aliphatic heterocycles. The fourth-order valence-electron chi connectivity index (χ4n) is 8.84. The summed E-state index contributed by atoms with van der Waals surface area (Å²) in [6, 6.07) is 0. The van der Waals surface area contributed by atoms with E-state index in [1.54, 1.807) is 12.8 Å². The minimum atomic E-state index is 0.239. The predicted molar refractivity (Wildman–Crippen MR) is 92.0 cm³/mol. The Labute approximate surface area is 143 Å². The molecule has 0 radical (unpaired) electrons. The maximum atomic E-state index is 5.25. The summed E-state index contributed by atoms with van der Waals surface area (Å²) in [6.07, 6.45) is 14.9. The highest BCUT2D eigenvalue weighted by atomic mass is 32.2. The van der Waals surface area contributed by atoms with Gasteiger partial charge in [0.15, 0.2) is 0 Å². The third-order valence-electron chi connectivity index (χ3n) is 9.31. The predicted octanol–water partition coefficient (Wildman–Crippen LogP) is 5.49. The number of azo groups is 1. The molecule has 8 aliphatic carbocycles. The van der Waals surface area contributed by atoms with E-state index in [9.17, 15) is 0 Å². The molecule has 2 nitrogen and oxygen atoms in total. The van der Waals surface area contributed by atoms with Gasteiger partial charge in [-0.15, -0.1) is 0 Å². The highest BCUT2D eigenvalue weighted by molar-refractivity contribution is 8.02. The first-order valence-electron chi connectivity index (χ1n) is 10.4. The molecule has 0 amide bonds. The molecular formula is C20H28N2S. The zero-order valence-electron chi connectivity index (χ0n) is 14.0. The van der Waals surface area contributed by atoms with Gasteiger partial charge in [0.2, 0.25) is 0 Å². The first-order valence-corrected chi connectivity index (χ1v) is 11.2. The van der Waals surface area contributed by atoms with Gasteiger partial charge in [0.25, 0.3) is 0 Å². The molecule has 124 valence electrons. The van der Waals surface area contributed by atoms with Crippen molar-refractivity contribution in [1.82, 2.24) is 0 Å². The van der Waals surface area contributed by atoms with Crippen LogP contribution in [0.4, 0.5) is 0 Å². The number of hydrogen-bond donors (Lipinski definition) is 0. The SMILES string of the molecule is C1C2CC3CC1CC(C2)C31N=NC2(S1)C1CC3CC(C1)CC2C3. The number of nitrogens with zero attached hydrogens (tertiary/aromatic N) is 2. The Morgan fingerprint density at radius 1 is 0.478 bits per heavy atom. The van der Waals surface area contributed by atoms with E-state index in [0.717, 1.165) is 47.3 Å². The van der Waals surface area contributed by atoms with Gasteiger partial charge in [-0.25, -0.2) is 0 Å². The summed E-state index contributed by atoms with van der Waals surface area (Å²) < 4.78 is 0. The van der Waals surface area contributed by atoms with Crippen molar-refractivity contribution in [2.75, 3.05) is 0 Å². The second-order valence-corrected chi connectivity index (χ2v) is 11.9. The van der Waals surface area contributed by atoms with E-state index in [1.807, 2.05) is 0 Å². The highest BCUT2D eigenvalue weighted by Crippen LogP contribution is 2.73. The summed E-state index contributed by atoms with van der Waals surface area (Å²) in [4.78, 5) is 0.478. The Hall–Kier alpha value is -0.0500. The molecule has 0 unspecified atom stereocenters. The van der Waals surface area contributed by atoms with Crippen molar-refractivity contribution in [3.8, 4) is 0 Å². The summed E-state index contributed by atoms with van der Waals surface area (Å²) in [6.45, 7) is 0. The van der Waals surface area contributed by atoms with E-state index in [2.05, 4.69) is 11.8 Å². The minimum Gasteiger partial charge on any atom is -0.174 e. The van der Waals surface area contributed by atoms with Crippen LogP contribution in [0.2, 0.25) is 0 Å². The van der Waals surface area contributed by atoms with Gasteiger partial charge in [0.1, 0.15) is 9.74 Å². The lowest BCUT2D eigenvalue weighted by atomic mass is 9.54. The summed E-state index contributed by atoms with van der Waals surface area (Å²) >= 11 is 2.35. The van der Waals surface area contributed by atoms with Crippen LogP contribution in [0.15, 0.2) is 10.2 Å². The van der Waals surface area contributed by atoms with Crippen LogP contribution in [0, 0.1) is 47.3 Å². The second-order valence-electron chi connectivity index (χ2n) is 10.4. The van der Waals surface area contributed by atoms with Crippen LogP contribution < -0.4 is 0 Å². The molecule has 0 aromatic heterocycles. The van der Waals surface area contributed by atoms with Crippen LogP contribution in [0.3, 0.4) is 0 Å². The zero-order chi connectivity index (χ0) is 14.8. The lowest BCUT2D eigenvalue weighted by Crippen LogP contribution is -2.58. The third-order valence-corrected chi connectivity index (χ3v) is 11.5. The van der Waals surface area contributed by atoms with E-state index in [1.165, 1.54) is 51.4 Å². The third kappa shape index (κ3) is 1.48. The lowest BCUT2D eigenvalue weighted by molar-refractivity contribution is -0.0144. The quantitative estimate of drug-likeness (QED) is 0.577. The van der Waals surface area contributed by atoms with Crippen LogP contribution in [0.1, 0.15) is 64.2 Å². The van der Waals surface area contributed by atoms with Crippen molar-refractivity contribution >= 4 is 11.8 Å². The Morgan fingerprint density at radius 3 is 1.09 bits per heavy atom. The Balaban J connectivity index is 1.28. The molecule has 9 rings (SSSR count). The molecule has 0 aromatic rings. The van der Waals surface area contributed by atoms with E-state index >= 15 is 0 Å². The van der Waals surface area contributed by atoms with Crippen molar-refractivity contribution < 1.29 is 0 Å². The Kier molecular flexibility index (Phi) is 2.31. The first kappa shape index (κ1) is 13.2. The summed E-state index contributed by atoms with van der Waals surface area (Å²) in [7, 11) is 0. The molecule has 9 aliphatic rings. The summed E-state index contributed by atoms with van der Waals surface area (Å²) in [5.41, 5.74) is 0. The summed E-state index contributed by atoms with van der Waals surface area (Å²) in [5, 5.41) is 10.5. The van der Waals surface area contributed by atoms with Crippen molar-refractivity contribution in [3.63, 3.8) is 0 Å². The lowest BCUT2D eigenvalue weighted by Gasteiger charge is -2.61. The molecule has 8 fully saturated rings. The number of thioether (sulfide) groups is 1. The van der Waals surface area contributed by atoms with Crippen molar-refractivity contribution in [1.29, 1.82) is 0 Å². The second kappa shape index (κ2) is 4.02. The molecule has 0 aromatic carbocycles. The van der Waals surface area contributed by atoms with Crippen LogP contribution in [-0.2, 0) is 0 Å². The van der Waals surface area contributed by atoms with Gasteiger partial charge in [-0.2, -0.15) is 10.2 Å². The van der Waals surface area contributed by atoms with E-state index in [-0.39, 0.29) is 9.74 Å². The van der Waals surface area contributed by atoms with Gasteiger partial charge in [-0.3, -0.25) is 0 Å². The maximum absolute atomic E-state index is 5.25. The van der Waals surface area contributed by atoms with Gasteiger partial charge in [-0.05, 0) is 112 Å². The van der Waals surface area contributed by atoms with Crippen molar-refractivity contribution in [3.05, 3.63) is 0 Å². The van der Waals surface area contributed by atoms with Crippen molar-refractivity contribution in [2.24, 2.45) is 57.6 Å². The number of hydrogen-bond acceptors (Lipinski definition) is 3. The topological polar surface area (TPSA) is 24.7 Å². The van der Waals surface area contributed by atoms with Gasteiger partial charge in [0, 0.05) is 0 Å². The normalized spacial score (nSPS) is 67.1. The Bertz CT molecular complexity index is 490. The molecule has 8 bridgehead atoms. The van der Waals surface area contributed by atoms with E-state index in [4.69, 9.17) is 10.2 Å². The Morgan fingerprint density at radius 2 is 0.783 bits per heavy atom. The smallest absolute Gasteiger partial charge is 0.135 e. The standard InChI is InChI=1S/C20H28N2S/c1-11-3-15-5-12(1)6-16(4-11)19(15)21-22-20(23-19)17-7-13-2-14(9-17)10-18(20)8-13/h11-18H,1-10H2. The van der Waals surface area contributed by atoms with Gasteiger partial charge in [-0.1, -0.05) is 11.8 Å². The van der Waals surface area contributed by atoms with Gasteiger partial charge in [0.05, 0.1) is 0 Å². The molecule has 1 heterocycles. The summed E-state index contributed by atoms with van der Waals surface area (Å²) in [5.74, 6) is 7.71. The molecule has 2 spiro atoms. The zero-order valence-corrected chi connectivity index (χ0v) is 14.8. The van der Waals surface area contributed by atoms with Gasteiger partial charge < -0.3 is 0 Å². The molecule has 0 atom stereocenters. The molecule has 0 saturated heterocycles. The largest absolute Gasteiger partial charge is 0.174 e. The molecule has 0 N–H and O–H groups in total. The van der Waals surface area contributed by atoms with Crippen LogP contribution in [0.5, 0.6) is 0 Å². The van der Waals surface area contributed by atoms with Crippen molar-refractivity contribution in [2.45, 2.75) is 74.0 Å². The molecule has 23 heavy (non-hydrogen) atoms. The fraction of sp³-hybridized carbons (Fsp3) is 1.00. The average Bonchev–Trinajstić information content (AvgIpc) is 2.92. The van der Waals surface area contributed by atoms with Crippen LogP contribution >= 0.6 is 11.8 Å². The number of rotatable bonds is 0. The maximum Gasteiger partial charge on any atom is 0.135 e. The first-order chi connectivity index (χ1) is 11.2. The van der Waals surface area contributed by atoms with E-state index in [0.29, 0.717) is 0 Å². The molecular weight excluding hydrogens is 300 g/mol. The van der Waals surface area contributed by atoms with Crippen LogP contribution in [0.25, 0.3) is 0 Å².